The molecule has 4 aliphatic heterocycles. The van der Waals surface area contributed by atoms with Gasteiger partial charge in [0.15, 0.2) is 35.5 Å². The second kappa shape index (κ2) is 18.3. The molecule has 23 heteroatoms. The lowest BCUT2D eigenvalue weighted by atomic mass is 9.77. The van der Waals surface area contributed by atoms with Crippen molar-refractivity contribution in [3.8, 4) is 22.8 Å². The molecular formula is C51H59FN16O6. The van der Waals surface area contributed by atoms with Crippen LogP contribution >= 0.6 is 0 Å². The van der Waals surface area contributed by atoms with Crippen molar-refractivity contribution in [3.63, 3.8) is 0 Å². The Morgan fingerprint density at radius 1 is 0.865 bits per heavy atom. The number of ether oxygens (including phenoxy) is 1. The molecule has 0 radical (unpaired) electrons. The van der Waals surface area contributed by atoms with Crippen LogP contribution in [0.15, 0.2) is 35.4 Å². The maximum atomic E-state index is 16.1. The molecule has 4 saturated heterocycles. The van der Waals surface area contributed by atoms with Crippen LogP contribution in [0, 0.1) is 17.7 Å². The van der Waals surface area contributed by atoms with Gasteiger partial charge in [-0.05, 0) is 99.7 Å². The highest BCUT2D eigenvalue weighted by atomic mass is 19.1. The standard InChI is InChI=1S/C51H59FN16O6/c1-62-43-34(47(60-62)67-17-11-36(69)58-49(67)71)4-5-35(40(43)52)64-20-18-63(19-21-64)26-29-7-13-65(14-8-29)37(70)27-73-50(72)66-15-9-31(10-16-66)33-24-54-46(55-25-33)38-42(61-74-44(38)32-2-3-32)41-39-45(53)56-28-57-48(39)68(59-41)51-12-6-30(22-51)23-51/h4-5,24-25,28-32H,2-3,6-23,26-27H2,1H3,(H2,53,56,57)(H,58,69,71). The molecule has 4 saturated carbocycles. The zero-order chi connectivity index (χ0) is 50.4. The third-order valence-electron chi connectivity index (χ3n) is 17.0. The van der Waals surface area contributed by atoms with Gasteiger partial charge in [0.25, 0.3) is 5.91 Å². The Labute approximate surface area is 424 Å². The maximum Gasteiger partial charge on any atom is 0.410 e. The number of piperidine rings is 2. The van der Waals surface area contributed by atoms with Crippen molar-refractivity contribution in [3.05, 3.63) is 48.0 Å². The Bertz CT molecular complexity index is 3190. The highest BCUT2D eigenvalue weighted by Gasteiger charge is 2.53. The van der Waals surface area contributed by atoms with E-state index in [1.807, 2.05) is 17.3 Å². The molecule has 2 bridgehead atoms. The number of carbonyl (C=O) groups excluding carboxylic acids is 4. The van der Waals surface area contributed by atoms with E-state index in [4.69, 9.17) is 30.1 Å². The fraction of sp³-hybridized carbons (Fsp3) is 0.549. The topological polar surface area (TPSA) is 245 Å². The fourth-order valence-corrected chi connectivity index (χ4v) is 12.7. The Morgan fingerprint density at radius 3 is 2.34 bits per heavy atom. The molecule has 5 aromatic heterocycles. The average Bonchev–Trinajstić information content (AvgIpc) is 3.76. The van der Waals surface area contributed by atoms with Gasteiger partial charge in [0, 0.05) is 103 Å². The van der Waals surface area contributed by atoms with Gasteiger partial charge < -0.3 is 29.7 Å². The molecule has 0 spiro atoms. The number of imide groups is 1. The minimum absolute atomic E-state index is 0.0581. The van der Waals surface area contributed by atoms with Gasteiger partial charge in [0.1, 0.15) is 29.0 Å². The number of nitrogen functional groups attached to an aromatic ring is 1. The predicted octanol–water partition coefficient (Wildman–Crippen LogP) is 5.15. The zero-order valence-corrected chi connectivity index (χ0v) is 41.4. The van der Waals surface area contributed by atoms with Gasteiger partial charge >= 0.3 is 12.1 Å². The molecule has 1 aromatic carbocycles. The first-order chi connectivity index (χ1) is 36.0. The van der Waals surface area contributed by atoms with Crippen LogP contribution in [0.3, 0.4) is 0 Å². The summed E-state index contributed by atoms with van der Waals surface area (Å²) in [5.74, 6) is 2.56. The number of fused-ring (bicyclic) bond motifs is 3. The van der Waals surface area contributed by atoms with Gasteiger partial charge in [0.05, 0.1) is 22.2 Å². The largest absolute Gasteiger partial charge is 0.439 e. The van der Waals surface area contributed by atoms with E-state index in [-0.39, 0.29) is 54.6 Å². The molecule has 4 aliphatic carbocycles. The van der Waals surface area contributed by atoms with E-state index in [0.717, 1.165) is 87.4 Å². The zero-order valence-electron chi connectivity index (χ0n) is 41.4. The molecular weight excluding hydrogens is 952 g/mol. The highest BCUT2D eigenvalue weighted by Crippen LogP contribution is 2.58. The van der Waals surface area contributed by atoms with Crippen LogP contribution in [-0.2, 0) is 26.9 Å². The van der Waals surface area contributed by atoms with Gasteiger partial charge in [-0.15, -0.1) is 0 Å². The number of nitrogens with two attached hydrogens (primary N) is 1. The Balaban J connectivity index is 0.571. The summed E-state index contributed by atoms with van der Waals surface area (Å²) < 4.78 is 31.3. The number of anilines is 3. The molecule has 0 atom stereocenters. The minimum atomic E-state index is -0.560. The first-order valence-electron chi connectivity index (χ1n) is 26.2. The summed E-state index contributed by atoms with van der Waals surface area (Å²) in [5, 5.41) is 17.7. The first-order valence-corrected chi connectivity index (χ1v) is 26.2. The van der Waals surface area contributed by atoms with E-state index >= 15 is 4.39 Å². The summed E-state index contributed by atoms with van der Waals surface area (Å²) in [4.78, 5) is 78.8. The van der Waals surface area contributed by atoms with Crippen LogP contribution < -0.4 is 20.9 Å². The molecule has 8 fully saturated rings. The number of benzene rings is 1. The number of likely N-dealkylation sites (tertiary alicyclic amines) is 2. The average molecular weight is 1010 g/mol. The van der Waals surface area contributed by atoms with E-state index in [0.29, 0.717) is 114 Å². The predicted molar refractivity (Wildman–Crippen MR) is 267 cm³/mol. The quantitative estimate of drug-likeness (QED) is 0.171. The van der Waals surface area contributed by atoms with E-state index in [2.05, 4.69) is 35.1 Å². The monoisotopic (exact) mass is 1010 g/mol. The number of nitrogens with one attached hydrogen (secondary N) is 1. The number of rotatable bonds is 11. The van der Waals surface area contributed by atoms with E-state index in [1.54, 1.807) is 29.0 Å². The molecule has 6 aromatic rings. The fourth-order valence-electron chi connectivity index (χ4n) is 12.7. The number of hydrogen-bond acceptors (Lipinski definition) is 16. The van der Waals surface area contributed by atoms with Gasteiger partial charge in [-0.2, -0.15) is 10.2 Å². The van der Waals surface area contributed by atoms with Crippen molar-refractivity contribution in [2.45, 2.75) is 88.0 Å². The molecule has 3 N–H and O–H groups in total. The van der Waals surface area contributed by atoms with Crippen LogP contribution in [0.25, 0.3) is 44.7 Å². The summed E-state index contributed by atoms with van der Waals surface area (Å²) in [6, 6.07) is 2.99. The maximum absolute atomic E-state index is 16.1. The molecule has 14 rings (SSSR count). The minimum Gasteiger partial charge on any atom is -0.439 e. The second-order valence-electron chi connectivity index (χ2n) is 21.6. The number of hydrogen-bond donors (Lipinski definition) is 2. The normalized spacial score (nSPS) is 23.0. The van der Waals surface area contributed by atoms with E-state index < -0.39 is 12.1 Å². The van der Waals surface area contributed by atoms with Gasteiger partial charge in [-0.1, -0.05) is 5.16 Å². The summed E-state index contributed by atoms with van der Waals surface area (Å²) in [5.41, 5.74) is 10.9. The van der Waals surface area contributed by atoms with Crippen molar-refractivity contribution in [1.29, 1.82) is 0 Å². The number of carbonyl (C=O) groups is 4. The van der Waals surface area contributed by atoms with Crippen molar-refractivity contribution in [2.75, 3.05) is 87.6 Å². The van der Waals surface area contributed by atoms with Crippen molar-refractivity contribution < 1.29 is 32.8 Å². The number of halogens is 1. The SMILES string of the molecule is Cn1nc(N2CCC(=O)NC2=O)c2ccc(N3CCN(CC4CCN(C(=O)COC(=O)N5CCC(c6cnc(-c7c(-c8nn(C9%10CCC(C9)C%10)c9ncnc(N)c89)noc7C7CC7)nc6)CC5)CC4)CC3)c(F)c21. The van der Waals surface area contributed by atoms with Crippen molar-refractivity contribution in [2.24, 2.45) is 18.9 Å². The molecule has 5 amide bonds. The smallest absolute Gasteiger partial charge is 0.410 e. The van der Waals surface area contributed by atoms with Crippen LogP contribution in [0.1, 0.15) is 93.8 Å². The van der Waals surface area contributed by atoms with Crippen molar-refractivity contribution in [1.82, 2.24) is 64.7 Å². The Kier molecular flexibility index (Phi) is 11.5. The van der Waals surface area contributed by atoms with Gasteiger partial charge in [-0.25, -0.2) is 38.6 Å². The lowest BCUT2D eigenvalue weighted by molar-refractivity contribution is -0.136. The number of aryl methyl sites for hydroxylation is 1. The van der Waals surface area contributed by atoms with Gasteiger partial charge in [0.2, 0.25) is 5.91 Å². The van der Waals surface area contributed by atoms with Crippen LogP contribution in [0.5, 0.6) is 0 Å². The first kappa shape index (κ1) is 46.5. The highest BCUT2D eigenvalue weighted by molar-refractivity contribution is 6.09. The Hall–Kier alpha value is -7.30. The molecule has 386 valence electrons. The lowest BCUT2D eigenvalue weighted by Gasteiger charge is -2.39. The number of nitrogens with zero attached hydrogens (tertiary/aromatic N) is 14. The molecule has 9 heterocycles. The summed E-state index contributed by atoms with van der Waals surface area (Å²) in [6.45, 7) is 5.82. The molecule has 22 nitrogen and oxygen atoms in total. The molecule has 74 heavy (non-hydrogen) atoms. The van der Waals surface area contributed by atoms with E-state index in [9.17, 15) is 19.2 Å². The number of urea groups is 1. The van der Waals surface area contributed by atoms with Crippen LogP contribution in [0.4, 0.5) is 31.3 Å². The number of aromatic nitrogens is 9. The van der Waals surface area contributed by atoms with E-state index in [1.165, 1.54) is 22.3 Å². The molecule has 8 aliphatic rings. The van der Waals surface area contributed by atoms with Gasteiger partial charge in [-0.3, -0.25) is 29.4 Å². The van der Waals surface area contributed by atoms with Crippen LogP contribution in [0.2, 0.25) is 0 Å². The molecule has 0 unspecified atom stereocenters. The third-order valence-corrected chi connectivity index (χ3v) is 17.0. The summed E-state index contributed by atoms with van der Waals surface area (Å²) >= 11 is 0. The lowest BCUT2D eigenvalue weighted by Crippen LogP contribution is -2.50. The second-order valence-corrected chi connectivity index (χ2v) is 21.6. The third kappa shape index (κ3) is 8.13. The van der Waals surface area contributed by atoms with Crippen LogP contribution in [-0.4, -0.2) is 155 Å². The summed E-state index contributed by atoms with van der Waals surface area (Å²) in [6.07, 6.45) is 14.4. The Morgan fingerprint density at radius 2 is 1.62 bits per heavy atom. The number of piperazine rings is 1. The van der Waals surface area contributed by atoms with Crippen molar-refractivity contribution >= 4 is 63.2 Å². The summed E-state index contributed by atoms with van der Waals surface area (Å²) in [7, 11) is 1.66. The number of amides is 5.